The molecule has 1 N–H and O–H groups in total. The number of nitrogens with zero attached hydrogens (tertiary/aromatic N) is 4. The number of nitrogens with one attached hydrogen (secondary N) is 1. The number of morpholine rings is 1. The molecule has 1 atom stereocenters. The minimum absolute atomic E-state index is 0.0664. The number of ether oxygens (including phenoxy) is 1. The van der Waals surface area contributed by atoms with Gasteiger partial charge < -0.3 is 10.1 Å². The Morgan fingerprint density at radius 1 is 1.20 bits per heavy atom. The van der Waals surface area contributed by atoms with Crippen molar-refractivity contribution in [2.75, 3.05) is 32.8 Å². The lowest BCUT2D eigenvalue weighted by Gasteiger charge is -2.32. The average Bonchev–Trinajstić information content (AvgIpc) is 3.08. The summed E-state index contributed by atoms with van der Waals surface area (Å²) in [5, 5.41) is 8.52. The standard InChI is InChI=1S/C23H29N5O2/c1-16-12-17(2)28(26-16)15-19-13-21(20-6-4-5-7-22(20)25-19)23(29)24-14-18(3)27-8-10-30-11-9-27/h4-7,12-13,18H,8-11,14-15H2,1-3H3,(H,24,29)/t18-/m1/s1. The van der Waals surface area contributed by atoms with Crippen molar-refractivity contribution >= 4 is 16.8 Å². The third-order valence-corrected chi connectivity index (χ3v) is 5.66. The van der Waals surface area contributed by atoms with Crippen LogP contribution in [0.3, 0.4) is 0 Å². The summed E-state index contributed by atoms with van der Waals surface area (Å²) in [7, 11) is 0. The van der Waals surface area contributed by atoms with Gasteiger partial charge >= 0.3 is 0 Å². The van der Waals surface area contributed by atoms with Gasteiger partial charge in [-0.05, 0) is 39.0 Å². The van der Waals surface area contributed by atoms with E-state index in [1.54, 1.807) is 0 Å². The second-order valence-electron chi connectivity index (χ2n) is 7.97. The molecule has 30 heavy (non-hydrogen) atoms. The largest absolute Gasteiger partial charge is 0.379 e. The molecule has 0 aliphatic carbocycles. The molecule has 0 spiro atoms. The first-order valence-electron chi connectivity index (χ1n) is 10.5. The summed E-state index contributed by atoms with van der Waals surface area (Å²) in [5.74, 6) is -0.0664. The van der Waals surface area contributed by atoms with Crippen LogP contribution in [0.2, 0.25) is 0 Å². The molecule has 0 unspecified atom stereocenters. The van der Waals surface area contributed by atoms with Crippen LogP contribution in [0.15, 0.2) is 36.4 Å². The van der Waals surface area contributed by atoms with E-state index < -0.39 is 0 Å². The average molecular weight is 408 g/mol. The van der Waals surface area contributed by atoms with E-state index in [9.17, 15) is 4.79 Å². The Bertz CT molecular complexity index is 1040. The smallest absolute Gasteiger partial charge is 0.252 e. The molecule has 4 rings (SSSR count). The molecule has 1 amide bonds. The SMILES string of the molecule is Cc1cc(C)n(Cc2cc(C(=O)NC[C@@H](C)N3CCOCC3)c3ccccc3n2)n1. The van der Waals surface area contributed by atoms with Gasteiger partial charge in [-0.15, -0.1) is 0 Å². The summed E-state index contributed by atoms with van der Waals surface area (Å²) >= 11 is 0. The van der Waals surface area contributed by atoms with Crippen LogP contribution in [0.4, 0.5) is 0 Å². The monoisotopic (exact) mass is 407 g/mol. The molecule has 1 aliphatic rings. The van der Waals surface area contributed by atoms with Gasteiger partial charge in [0.15, 0.2) is 0 Å². The maximum absolute atomic E-state index is 13.1. The number of para-hydroxylation sites is 1. The fourth-order valence-corrected chi connectivity index (χ4v) is 3.97. The third kappa shape index (κ3) is 4.52. The Morgan fingerprint density at radius 3 is 2.70 bits per heavy atom. The van der Waals surface area contributed by atoms with Gasteiger partial charge in [-0.1, -0.05) is 18.2 Å². The van der Waals surface area contributed by atoms with Crippen LogP contribution >= 0.6 is 0 Å². The Kier molecular flexibility index (Phi) is 6.11. The Labute approximate surface area is 177 Å². The first-order chi connectivity index (χ1) is 14.5. The van der Waals surface area contributed by atoms with Crippen LogP contribution in [0.25, 0.3) is 10.9 Å². The zero-order valence-corrected chi connectivity index (χ0v) is 17.9. The van der Waals surface area contributed by atoms with Crippen molar-refractivity contribution < 1.29 is 9.53 Å². The molecular formula is C23H29N5O2. The van der Waals surface area contributed by atoms with Crippen molar-refractivity contribution in [2.24, 2.45) is 0 Å². The molecule has 0 radical (unpaired) electrons. The molecule has 3 heterocycles. The van der Waals surface area contributed by atoms with Crippen molar-refractivity contribution in [1.29, 1.82) is 0 Å². The van der Waals surface area contributed by atoms with Crippen molar-refractivity contribution in [3.05, 3.63) is 59.0 Å². The minimum atomic E-state index is -0.0664. The second-order valence-corrected chi connectivity index (χ2v) is 7.97. The molecule has 7 heteroatoms. The highest BCUT2D eigenvalue weighted by atomic mass is 16.5. The second kappa shape index (κ2) is 8.93. The van der Waals surface area contributed by atoms with E-state index in [-0.39, 0.29) is 11.9 Å². The van der Waals surface area contributed by atoms with Crippen molar-refractivity contribution in [3.63, 3.8) is 0 Å². The number of aromatic nitrogens is 3. The maximum atomic E-state index is 13.1. The summed E-state index contributed by atoms with van der Waals surface area (Å²) in [6, 6.07) is 12.0. The van der Waals surface area contributed by atoms with Crippen LogP contribution < -0.4 is 5.32 Å². The van der Waals surface area contributed by atoms with E-state index >= 15 is 0 Å². The van der Waals surface area contributed by atoms with Crippen molar-refractivity contribution in [3.8, 4) is 0 Å². The van der Waals surface area contributed by atoms with Crippen molar-refractivity contribution in [2.45, 2.75) is 33.4 Å². The van der Waals surface area contributed by atoms with Crippen LogP contribution in [-0.2, 0) is 11.3 Å². The van der Waals surface area contributed by atoms with Gasteiger partial charge in [0.2, 0.25) is 0 Å². The minimum Gasteiger partial charge on any atom is -0.379 e. The molecule has 3 aromatic rings. The number of carbonyl (C=O) groups excluding carboxylic acids is 1. The highest BCUT2D eigenvalue weighted by Gasteiger charge is 2.19. The molecule has 2 aromatic heterocycles. The zero-order valence-electron chi connectivity index (χ0n) is 17.9. The highest BCUT2D eigenvalue weighted by Crippen LogP contribution is 2.19. The molecule has 0 saturated carbocycles. The maximum Gasteiger partial charge on any atom is 0.252 e. The third-order valence-electron chi connectivity index (χ3n) is 5.66. The lowest BCUT2D eigenvalue weighted by molar-refractivity contribution is 0.0204. The van der Waals surface area contributed by atoms with Gasteiger partial charge in [0, 0.05) is 36.8 Å². The number of benzene rings is 1. The van der Waals surface area contributed by atoms with Gasteiger partial charge in [-0.3, -0.25) is 19.4 Å². The van der Waals surface area contributed by atoms with Crippen LogP contribution in [-0.4, -0.2) is 64.5 Å². The predicted molar refractivity (Wildman–Crippen MR) is 117 cm³/mol. The number of hydrogen-bond acceptors (Lipinski definition) is 5. The van der Waals surface area contributed by atoms with Gasteiger partial charge in [-0.25, -0.2) is 0 Å². The summed E-state index contributed by atoms with van der Waals surface area (Å²) in [6.07, 6.45) is 0. The van der Waals surface area contributed by atoms with E-state index in [1.807, 2.05) is 54.9 Å². The fourth-order valence-electron chi connectivity index (χ4n) is 3.97. The molecule has 1 saturated heterocycles. The van der Waals surface area contributed by atoms with E-state index in [2.05, 4.69) is 22.2 Å². The Hall–Kier alpha value is -2.77. The molecule has 7 nitrogen and oxygen atoms in total. The molecule has 1 aromatic carbocycles. The quantitative estimate of drug-likeness (QED) is 0.680. The summed E-state index contributed by atoms with van der Waals surface area (Å²) in [6.45, 7) is 10.6. The number of amides is 1. The number of rotatable bonds is 6. The van der Waals surface area contributed by atoms with E-state index in [1.165, 1.54) is 0 Å². The number of pyridine rings is 1. The Balaban J connectivity index is 1.55. The van der Waals surface area contributed by atoms with Crippen LogP contribution in [0, 0.1) is 13.8 Å². The molecule has 1 fully saturated rings. The topological polar surface area (TPSA) is 72.3 Å². The van der Waals surface area contributed by atoms with E-state index in [0.717, 1.165) is 54.3 Å². The molecule has 0 bridgehead atoms. The first kappa shape index (κ1) is 20.5. The lowest BCUT2D eigenvalue weighted by atomic mass is 10.1. The van der Waals surface area contributed by atoms with Crippen molar-refractivity contribution in [1.82, 2.24) is 25.0 Å². The van der Waals surface area contributed by atoms with E-state index in [0.29, 0.717) is 18.7 Å². The summed E-state index contributed by atoms with van der Waals surface area (Å²) in [5.41, 5.74) is 4.36. The number of carbonyl (C=O) groups is 1. The zero-order chi connectivity index (χ0) is 21.1. The van der Waals surface area contributed by atoms with E-state index in [4.69, 9.17) is 9.72 Å². The lowest BCUT2D eigenvalue weighted by Crippen LogP contribution is -2.47. The van der Waals surface area contributed by atoms with Crippen LogP contribution in [0.1, 0.15) is 34.4 Å². The predicted octanol–water partition coefficient (Wildman–Crippen LogP) is 2.55. The number of fused-ring (bicyclic) bond motifs is 1. The van der Waals surface area contributed by atoms with Gasteiger partial charge in [-0.2, -0.15) is 5.10 Å². The number of aryl methyl sites for hydroxylation is 2. The Morgan fingerprint density at radius 2 is 1.97 bits per heavy atom. The first-order valence-corrected chi connectivity index (χ1v) is 10.5. The van der Waals surface area contributed by atoms with Gasteiger partial charge in [0.1, 0.15) is 0 Å². The number of hydrogen-bond donors (Lipinski definition) is 1. The summed E-state index contributed by atoms with van der Waals surface area (Å²) in [4.78, 5) is 20.2. The summed E-state index contributed by atoms with van der Waals surface area (Å²) < 4.78 is 7.35. The van der Waals surface area contributed by atoms with Gasteiger partial charge in [0.25, 0.3) is 5.91 Å². The molecular weight excluding hydrogens is 378 g/mol. The normalized spacial score (nSPS) is 16.0. The highest BCUT2D eigenvalue weighted by molar-refractivity contribution is 6.06. The van der Waals surface area contributed by atoms with Gasteiger partial charge in [0.05, 0.1) is 42.2 Å². The molecule has 1 aliphatic heterocycles. The van der Waals surface area contributed by atoms with Crippen LogP contribution in [0.5, 0.6) is 0 Å². The molecule has 158 valence electrons. The fraction of sp³-hybridized carbons (Fsp3) is 0.435.